The third-order valence-electron chi connectivity index (χ3n) is 2.60. The smallest absolute Gasteiger partial charge is 0.325 e. The minimum atomic E-state index is -0.463. The van der Waals surface area contributed by atoms with Crippen LogP contribution in [0.5, 0.6) is 0 Å². The number of amides is 1. The molecule has 5 nitrogen and oxygen atoms in total. The summed E-state index contributed by atoms with van der Waals surface area (Å²) < 4.78 is 13.0. The maximum atomic E-state index is 13.0. The van der Waals surface area contributed by atoms with Gasteiger partial charge in [-0.1, -0.05) is 11.3 Å². The van der Waals surface area contributed by atoms with E-state index in [1.165, 1.54) is 18.2 Å². The van der Waals surface area contributed by atoms with E-state index in [2.05, 4.69) is 5.32 Å². The topological polar surface area (TPSA) is 72.2 Å². The molecule has 0 aliphatic heterocycles. The standard InChI is InChI=1S/C13H11FN2O3S2/c1-8-6-9(14)2-3-10(8)15-12(17)7-21-11-4-5-20-13(11)16(18)19/h2-6H,7H2,1H3,(H,15,17). The molecule has 2 rings (SSSR count). The molecule has 1 amide bonds. The van der Waals surface area contributed by atoms with Crippen molar-refractivity contribution in [2.75, 3.05) is 11.1 Å². The summed E-state index contributed by atoms with van der Waals surface area (Å²) in [4.78, 5) is 22.6. The Labute approximate surface area is 128 Å². The number of hydrogen-bond donors (Lipinski definition) is 1. The Kier molecular flexibility index (Phi) is 4.92. The van der Waals surface area contributed by atoms with Crippen molar-refractivity contribution in [3.8, 4) is 0 Å². The van der Waals surface area contributed by atoms with Gasteiger partial charge < -0.3 is 5.32 Å². The Morgan fingerprint density at radius 2 is 2.24 bits per heavy atom. The molecule has 1 heterocycles. The second-order valence-corrected chi connectivity index (χ2v) is 6.05. The molecule has 0 spiro atoms. The Balaban J connectivity index is 1.96. The predicted octanol–water partition coefficient (Wildman–Crippen LogP) is 3.83. The largest absolute Gasteiger partial charge is 0.337 e. The number of nitro groups is 1. The van der Waals surface area contributed by atoms with E-state index in [4.69, 9.17) is 0 Å². The van der Waals surface area contributed by atoms with Gasteiger partial charge in [0.1, 0.15) is 5.82 Å². The highest BCUT2D eigenvalue weighted by molar-refractivity contribution is 8.00. The normalized spacial score (nSPS) is 10.4. The van der Waals surface area contributed by atoms with Crippen LogP contribution in [-0.4, -0.2) is 16.6 Å². The number of rotatable bonds is 5. The Hall–Kier alpha value is -1.93. The van der Waals surface area contributed by atoms with Gasteiger partial charge in [0.25, 0.3) is 0 Å². The molecule has 0 atom stereocenters. The van der Waals surface area contributed by atoms with Crippen LogP contribution < -0.4 is 5.32 Å². The number of carbonyl (C=O) groups is 1. The van der Waals surface area contributed by atoms with E-state index in [9.17, 15) is 19.3 Å². The molecule has 0 radical (unpaired) electrons. The van der Waals surface area contributed by atoms with Gasteiger partial charge in [-0.2, -0.15) is 0 Å². The maximum absolute atomic E-state index is 13.0. The third-order valence-corrected chi connectivity index (χ3v) is 4.64. The van der Waals surface area contributed by atoms with Crippen LogP contribution in [0.3, 0.4) is 0 Å². The zero-order valence-corrected chi connectivity index (χ0v) is 12.6. The number of benzene rings is 1. The summed E-state index contributed by atoms with van der Waals surface area (Å²) in [6.45, 7) is 1.69. The fourth-order valence-corrected chi connectivity index (χ4v) is 3.36. The number of hydrogen-bond acceptors (Lipinski definition) is 5. The molecule has 0 aliphatic carbocycles. The number of nitrogens with zero attached hydrogens (tertiary/aromatic N) is 1. The number of halogens is 1. The van der Waals surface area contributed by atoms with E-state index < -0.39 is 4.92 Å². The van der Waals surface area contributed by atoms with Crippen molar-refractivity contribution >= 4 is 39.7 Å². The molecular weight excluding hydrogens is 315 g/mol. The van der Waals surface area contributed by atoms with Gasteiger partial charge in [-0.3, -0.25) is 14.9 Å². The van der Waals surface area contributed by atoms with Crippen LogP contribution in [0.2, 0.25) is 0 Å². The fraction of sp³-hybridized carbons (Fsp3) is 0.154. The van der Waals surface area contributed by atoms with Crippen molar-refractivity contribution in [3.63, 3.8) is 0 Å². The van der Waals surface area contributed by atoms with Gasteiger partial charge >= 0.3 is 5.00 Å². The van der Waals surface area contributed by atoms with E-state index in [0.717, 1.165) is 23.1 Å². The van der Waals surface area contributed by atoms with Crippen LogP contribution in [0.15, 0.2) is 34.5 Å². The summed E-state index contributed by atoms with van der Waals surface area (Å²) >= 11 is 2.13. The molecule has 0 fully saturated rings. The molecular formula is C13H11FN2O3S2. The number of aryl methyl sites for hydroxylation is 1. The zero-order valence-electron chi connectivity index (χ0n) is 11.0. The van der Waals surface area contributed by atoms with Crippen LogP contribution in [0.1, 0.15) is 5.56 Å². The van der Waals surface area contributed by atoms with Crippen molar-refractivity contribution in [1.29, 1.82) is 0 Å². The second-order valence-electron chi connectivity index (χ2n) is 4.14. The quantitative estimate of drug-likeness (QED) is 0.515. The van der Waals surface area contributed by atoms with Crippen LogP contribution >= 0.6 is 23.1 Å². The van der Waals surface area contributed by atoms with Gasteiger partial charge in [0, 0.05) is 5.69 Å². The summed E-state index contributed by atoms with van der Waals surface area (Å²) in [6, 6.07) is 5.69. The molecule has 1 aromatic carbocycles. The van der Waals surface area contributed by atoms with Crippen molar-refractivity contribution in [1.82, 2.24) is 0 Å². The van der Waals surface area contributed by atoms with Gasteiger partial charge in [0.2, 0.25) is 5.91 Å². The van der Waals surface area contributed by atoms with Crippen molar-refractivity contribution < 1.29 is 14.1 Å². The summed E-state index contributed by atoms with van der Waals surface area (Å²) in [5, 5.41) is 15.1. The monoisotopic (exact) mass is 326 g/mol. The number of carbonyl (C=O) groups excluding carboxylic acids is 1. The summed E-state index contributed by atoms with van der Waals surface area (Å²) in [6.07, 6.45) is 0. The van der Waals surface area contributed by atoms with Crippen LogP contribution in [0, 0.1) is 22.9 Å². The van der Waals surface area contributed by atoms with Gasteiger partial charge in [-0.05, 0) is 42.1 Å². The first-order valence-electron chi connectivity index (χ1n) is 5.88. The number of thiophene rings is 1. The summed E-state index contributed by atoms with van der Waals surface area (Å²) in [5.74, 6) is -0.613. The molecule has 8 heteroatoms. The molecule has 2 aromatic rings. The van der Waals surface area contributed by atoms with E-state index >= 15 is 0 Å². The zero-order chi connectivity index (χ0) is 15.4. The molecule has 1 aromatic heterocycles. The highest BCUT2D eigenvalue weighted by Crippen LogP contribution is 2.34. The highest BCUT2D eigenvalue weighted by Gasteiger charge is 2.17. The number of nitrogens with one attached hydrogen (secondary N) is 1. The van der Waals surface area contributed by atoms with Crippen LogP contribution in [0.25, 0.3) is 0 Å². The van der Waals surface area contributed by atoms with E-state index in [1.54, 1.807) is 18.4 Å². The lowest BCUT2D eigenvalue weighted by Crippen LogP contribution is -2.14. The predicted molar refractivity (Wildman–Crippen MR) is 81.5 cm³/mol. The van der Waals surface area contributed by atoms with Crippen LogP contribution in [0.4, 0.5) is 15.1 Å². The summed E-state index contributed by atoms with van der Waals surface area (Å²) in [7, 11) is 0. The Morgan fingerprint density at radius 3 is 2.90 bits per heavy atom. The Morgan fingerprint density at radius 1 is 1.48 bits per heavy atom. The number of thioether (sulfide) groups is 1. The molecule has 0 saturated carbocycles. The van der Waals surface area contributed by atoms with E-state index in [-0.39, 0.29) is 22.5 Å². The third kappa shape index (κ3) is 4.02. The molecule has 0 aliphatic rings. The lowest BCUT2D eigenvalue weighted by molar-refractivity contribution is -0.382. The first-order chi connectivity index (χ1) is 9.97. The molecule has 21 heavy (non-hydrogen) atoms. The van der Waals surface area contributed by atoms with Crippen molar-refractivity contribution in [2.24, 2.45) is 0 Å². The molecule has 0 bridgehead atoms. The minimum Gasteiger partial charge on any atom is -0.325 e. The highest BCUT2D eigenvalue weighted by atomic mass is 32.2. The minimum absolute atomic E-state index is 0.0331. The second kappa shape index (κ2) is 6.68. The van der Waals surface area contributed by atoms with E-state index in [1.807, 2.05) is 0 Å². The SMILES string of the molecule is Cc1cc(F)ccc1NC(=O)CSc1ccsc1[N+](=O)[O-]. The first-order valence-corrected chi connectivity index (χ1v) is 7.74. The summed E-state index contributed by atoms with van der Waals surface area (Å²) in [5.41, 5.74) is 1.15. The van der Waals surface area contributed by atoms with Crippen molar-refractivity contribution in [2.45, 2.75) is 11.8 Å². The van der Waals surface area contributed by atoms with Gasteiger partial charge in [-0.25, -0.2) is 4.39 Å². The first kappa shape index (κ1) is 15.5. The molecule has 0 saturated heterocycles. The lowest BCUT2D eigenvalue weighted by atomic mass is 10.2. The molecule has 0 unspecified atom stereocenters. The average Bonchev–Trinajstić information content (AvgIpc) is 2.88. The molecule has 110 valence electrons. The van der Waals surface area contributed by atoms with Crippen molar-refractivity contribution in [3.05, 3.63) is 51.1 Å². The van der Waals surface area contributed by atoms with Gasteiger partial charge in [0.05, 0.1) is 15.6 Å². The van der Waals surface area contributed by atoms with E-state index in [0.29, 0.717) is 16.1 Å². The number of anilines is 1. The van der Waals surface area contributed by atoms with Gasteiger partial charge in [0.15, 0.2) is 0 Å². The Bertz CT molecular complexity index is 688. The maximum Gasteiger partial charge on any atom is 0.337 e. The van der Waals surface area contributed by atoms with Crippen LogP contribution in [-0.2, 0) is 4.79 Å². The fourth-order valence-electron chi connectivity index (χ4n) is 1.63. The lowest BCUT2D eigenvalue weighted by Gasteiger charge is -2.07. The molecule has 1 N–H and O–H groups in total. The average molecular weight is 326 g/mol. The van der Waals surface area contributed by atoms with Gasteiger partial charge in [-0.15, -0.1) is 11.8 Å².